The summed E-state index contributed by atoms with van der Waals surface area (Å²) in [6, 6.07) is 7.22. The standard InChI is InChI=1S/C17H17NO5S/c1-10-5-13(11(2)24-10)17(20)21-8-16(19)18-7-12-3-4-14-15(6-12)23-9-22-14/h3-6H,7-9H2,1-2H3,(H,18,19). The molecule has 0 bridgehead atoms. The van der Waals surface area contributed by atoms with Crippen LogP contribution < -0.4 is 14.8 Å². The summed E-state index contributed by atoms with van der Waals surface area (Å²) in [7, 11) is 0. The third-order valence-corrected chi connectivity index (χ3v) is 4.49. The second-order valence-corrected chi connectivity index (χ2v) is 6.83. The molecule has 1 aliphatic heterocycles. The van der Waals surface area contributed by atoms with Crippen LogP contribution in [0.25, 0.3) is 0 Å². The van der Waals surface area contributed by atoms with Crippen molar-refractivity contribution in [3.05, 3.63) is 45.1 Å². The monoisotopic (exact) mass is 347 g/mol. The number of benzene rings is 1. The molecule has 0 fully saturated rings. The predicted molar refractivity (Wildman–Crippen MR) is 88.5 cm³/mol. The lowest BCUT2D eigenvalue weighted by Gasteiger charge is -2.07. The maximum Gasteiger partial charge on any atom is 0.339 e. The van der Waals surface area contributed by atoms with Gasteiger partial charge in [0, 0.05) is 16.3 Å². The van der Waals surface area contributed by atoms with Gasteiger partial charge in [-0.3, -0.25) is 4.79 Å². The number of fused-ring (bicyclic) bond motifs is 1. The molecule has 2 heterocycles. The molecule has 0 saturated carbocycles. The molecule has 7 heteroatoms. The minimum absolute atomic E-state index is 0.211. The van der Waals surface area contributed by atoms with Crippen LogP contribution in [0.3, 0.4) is 0 Å². The molecule has 0 aliphatic carbocycles. The average molecular weight is 347 g/mol. The second kappa shape index (κ2) is 6.92. The number of carbonyl (C=O) groups excluding carboxylic acids is 2. The zero-order chi connectivity index (χ0) is 17.1. The molecule has 1 aromatic heterocycles. The molecule has 24 heavy (non-hydrogen) atoms. The Hall–Kier alpha value is -2.54. The average Bonchev–Trinajstić information content (AvgIpc) is 3.15. The number of nitrogens with one attached hydrogen (secondary N) is 1. The van der Waals surface area contributed by atoms with Gasteiger partial charge in [-0.05, 0) is 37.6 Å². The smallest absolute Gasteiger partial charge is 0.339 e. The number of aryl methyl sites for hydroxylation is 2. The lowest BCUT2D eigenvalue weighted by atomic mass is 10.2. The summed E-state index contributed by atoms with van der Waals surface area (Å²) in [6.45, 7) is 4.00. The van der Waals surface area contributed by atoms with Crippen molar-refractivity contribution >= 4 is 23.2 Å². The minimum atomic E-state index is -0.477. The molecule has 0 radical (unpaired) electrons. The van der Waals surface area contributed by atoms with Crippen LogP contribution in [0.15, 0.2) is 24.3 Å². The highest BCUT2D eigenvalue weighted by Gasteiger charge is 2.16. The van der Waals surface area contributed by atoms with Gasteiger partial charge in [0.1, 0.15) is 0 Å². The van der Waals surface area contributed by atoms with E-state index < -0.39 is 5.97 Å². The van der Waals surface area contributed by atoms with Crippen LogP contribution >= 0.6 is 11.3 Å². The summed E-state index contributed by atoms with van der Waals surface area (Å²) in [5.41, 5.74) is 1.39. The highest BCUT2D eigenvalue weighted by molar-refractivity contribution is 7.12. The molecule has 0 atom stereocenters. The number of thiophene rings is 1. The van der Waals surface area contributed by atoms with Crippen LogP contribution in [0.5, 0.6) is 11.5 Å². The Morgan fingerprint density at radius 3 is 2.75 bits per heavy atom. The van der Waals surface area contributed by atoms with Crippen LogP contribution in [-0.4, -0.2) is 25.3 Å². The summed E-state index contributed by atoms with van der Waals surface area (Å²) in [6.07, 6.45) is 0. The van der Waals surface area contributed by atoms with Gasteiger partial charge in [0.15, 0.2) is 18.1 Å². The molecular formula is C17H17NO5S. The lowest BCUT2D eigenvalue weighted by molar-refractivity contribution is -0.124. The Balaban J connectivity index is 1.47. The predicted octanol–water partition coefficient (Wildman–Crippen LogP) is 2.57. The van der Waals surface area contributed by atoms with E-state index in [4.69, 9.17) is 14.2 Å². The van der Waals surface area contributed by atoms with Crippen molar-refractivity contribution in [2.75, 3.05) is 13.4 Å². The lowest BCUT2D eigenvalue weighted by Crippen LogP contribution is -2.28. The zero-order valence-corrected chi connectivity index (χ0v) is 14.2. The van der Waals surface area contributed by atoms with Crippen molar-refractivity contribution in [2.45, 2.75) is 20.4 Å². The summed E-state index contributed by atoms with van der Waals surface area (Å²) < 4.78 is 15.6. The number of amides is 1. The van der Waals surface area contributed by atoms with Gasteiger partial charge >= 0.3 is 5.97 Å². The molecule has 0 unspecified atom stereocenters. The summed E-state index contributed by atoms with van der Waals surface area (Å²) >= 11 is 1.53. The number of hydrogen-bond donors (Lipinski definition) is 1. The van der Waals surface area contributed by atoms with Crippen LogP contribution in [0.2, 0.25) is 0 Å². The van der Waals surface area contributed by atoms with Gasteiger partial charge in [0.2, 0.25) is 6.79 Å². The van der Waals surface area contributed by atoms with Gasteiger partial charge in [-0.1, -0.05) is 6.07 Å². The van der Waals surface area contributed by atoms with Crippen molar-refractivity contribution in [3.63, 3.8) is 0 Å². The second-order valence-electron chi connectivity index (χ2n) is 5.37. The fraction of sp³-hybridized carbons (Fsp3) is 0.294. The first kappa shape index (κ1) is 16.3. The van der Waals surface area contributed by atoms with Gasteiger partial charge in [0.25, 0.3) is 5.91 Å². The van der Waals surface area contributed by atoms with Crippen molar-refractivity contribution in [3.8, 4) is 11.5 Å². The first-order valence-corrected chi connectivity index (χ1v) is 8.24. The minimum Gasteiger partial charge on any atom is -0.454 e. The van der Waals surface area contributed by atoms with Crippen molar-refractivity contribution in [2.24, 2.45) is 0 Å². The highest BCUT2D eigenvalue weighted by Crippen LogP contribution is 2.32. The maximum absolute atomic E-state index is 12.0. The molecule has 1 amide bonds. The van der Waals surface area contributed by atoms with E-state index in [1.165, 1.54) is 11.3 Å². The number of hydrogen-bond acceptors (Lipinski definition) is 6. The van der Waals surface area contributed by atoms with E-state index in [0.717, 1.165) is 15.3 Å². The summed E-state index contributed by atoms with van der Waals surface area (Å²) in [5, 5.41) is 2.71. The largest absolute Gasteiger partial charge is 0.454 e. The molecule has 1 aromatic carbocycles. The number of rotatable bonds is 5. The van der Waals surface area contributed by atoms with Gasteiger partial charge < -0.3 is 19.5 Å². The Morgan fingerprint density at radius 2 is 2.00 bits per heavy atom. The molecule has 126 valence electrons. The van der Waals surface area contributed by atoms with Crippen LogP contribution in [-0.2, 0) is 16.1 Å². The summed E-state index contributed by atoms with van der Waals surface area (Å²) in [4.78, 5) is 25.7. The van der Waals surface area contributed by atoms with E-state index >= 15 is 0 Å². The van der Waals surface area contributed by atoms with Gasteiger partial charge in [0.05, 0.1) is 5.56 Å². The molecule has 3 rings (SSSR count). The topological polar surface area (TPSA) is 73.9 Å². The fourth-order valence-corrected chi connectivity index (χ4v) is 3.26. The summed E-state index contributed by atoms with van der Waals surface area (Å²) in [5.74, 6) is 0.526. The van der Waals surface area contributed by atoms with E-state index in [-0.39, 0.29) is 19.3 Å². The fourth-order valence-electron chi connectivity index (χ4n) is 2.34. The van der Waals surface area contributed by atoms with E-state index in [1.807, 2.05) is 26.0 Å². The zero-order valence-electron chi connectivity index (χ0n) is 13.4. The first-order valence-electron chi connectivity index (χ1n) is 7.42. The SMILES string of the molecule is Cc1cc(C(=O)OCC(=O)NCc2ccc3c(c2)OCO3)c(C)s1. The third-order valence-electron chi connectivity index (χ3n) is 3.52. The van der Waals surface area contributed by atoms with Gasteiger partial charge in [-0.15, -0.1) is 11.3 Å². The number of esters is 1. The number of carbonyl (C=O) groups is 2. The maximum atomic E-state index is 12.0. The molecule has 1 N–H and O–H groups in total. The van der Waals surface area contributed by atoms with Crippen LogP contribution in [0.1, 0.15) is 25.7 Å². The normalized spacial score (nSPS) is 12.1. The van der Waals surface area contributed by atoms with Crippen molar-refractivity contribution in [1.82, 2.24) is 5.32 Å². The van der Waals surface area contributed by atoms with Gasteiger partial charge in [-0.2, -0.15) is 0 Å². The van der Waals surface area contributed by atoms with Crippen LogP contribution in [0, 0.1) is 13.8 Å². The van der Waals surface area contributed by atoms with E-state index in [2.05, 4.69) is 5.32 Å². The third kappa shape index (κ3) is 3.68. The molecule has 6 nitrogen and oxygen atoms in total. The Labute approximate surface area is 143 Å². The Morgan fingerprint density at radius 1 is 1.21 bits per heavy atom. The van der Waals surface area contributed by atoms with Crippen molar-refractivity contribution < 1.29 is 23.8 Å². The van der Waals surface area contributed by atoms with Crippen molar-refractivity contribution in [1.29, 1.82) is 0 Å². The van der Waals surface area contributed by atoms with E-state index in [0.29, 0.717) is 23.6 Å². The Kier molecular flexibility index (Phi) is 4.71. The Bertz CT molecular complexity index is 783. The molecular weight excluding hydrogens is 330 g/mol. The van der Waals surface area contributed by atoms with E-state index in [9.17, 15) is 9.59 Å². The number of ether oxygens (including phenoxy) is 3. The quantitative estimate of drug-likeness (QED) is 0.842. The molecule has 1 aliphatic rings. The highest BCUT2D eigenvalue weighted by atomic mass is 32.1. The molecule has 0 saturated heterocycles. The molecule has 2 aromatic rings. The first-order chi connectivity index (χ1) is 11.5. The van der Waals surface area contributed by atoms with Gasteiger partial charge in [-0.25, -0.2) is 4.79 Å². The molecule has 0 spiro atoms. The van der Waals surface area contributed by atoms with Crippen LogP contribution in [0.4, 0.5) is 0 Å². The van der Waals surface area contributed by atoms with E-state index in [1.54, 1.807) is 12.1 Å².